The first-order valence-electron chi connectivity index (χ1n) is 5.84. The lowest BCUT2D eigenvalue weighted by atomic mass is 9.88. The van der Waals surface area contributed by atoms with Gasteiger partial charge in [-0.1, -0.05) is 0 Å². The first kappa shape index (κ1) is 10.4. The number of hydrogen-bond acceptors (Lipinski definition) is 3. The minimum Gasteiger partial charge on any atom is -0.380 e. The zero-order valence-corrected chi connectivity index (χ0v) is 9.00. The molecule has 1 aliphatic heterocycles. The van der Waals surface area contributed by atoms with Crippen LogP contribution in [0.2, 0.25) is 0 Å². The number of nitrogens with one attached hydrogen (secondary N) is 1. The van der Waals surface area contributed by atoms with E-state index < -0.39 is 0 Å². The van der Waals surface area contributed by atoms with Crippen LogP contribution in [0.25, 0.3) is 0 Å². The van der Waals surface area contributed by atoms with E-state index in [0.717, 1.165) is 19.8 Å². The normalized spacial score (nSPS) is 37.9. The van der Waals surface area contributed by atoms with E-state index in [0.29, 0.717) is 18.2 Å². The molecule has 1 unspecified atom stereocenters. The summed E-state index contributed by atoms with van der Waals surface area (Å²) in [5, 5.41) is 3.64. The standard InChI is InChI=1S/C11H21NO2/c1-2-14-11-6-10(7-11)12-9-4-3-5-13-8-9/h9-12H,2-8H2,1H3. The molecule has 3 nitrogen and oxygen atoms in total. The van der Waals surface area contributed by atoms with Gasteiger partial charge in [-0.25, -0.2) is 0 Å². The van der Waals surface area contributed by atoms with Crippen molar-refractivity contribution >= 4 is 0 Å². The lowest BCUT2D eigenvalue weighted by Crippen LogP contribution is -2.51. The SMILES string of the molecule is CCOC1CC(NC2CCCOC2)C1. The topological polar surface area (TPSA) is 30.5 Å². The zero-order valence-electron chi connectivity index (χ0n) is 9.00. The number of ether oxygens (including phenoxy) is 2. The van der Waals surface area contributed by atoms with E-state index >= 15 is 0 Å². The molecule has 0 spiro atoms. The molecular weight excluding hydrogens is 178 g/mol. The van der Waals surface area contributed by atoms with Gasteiger partial charge in [0, 0.05) is 25.3 Å². The van der Waals surface area contributed by atoms with Crippen molar-refractivity contribution in [1.29, 1.82) is 0 Å². The highest BCUT2D eigenvalue weighted by Crippen LogP contribution is 2.24. The van der Waals surface area contributed by atoms with Crippen molar-refractivity contribution in [1.82, 2.24) is 5.32 Å². The summed E-state index contributed by atoms with van der Waals surface area (Å²) in [4.78, 5) is 0. The Bertz CT molecular complexity index is 163. The fourth-order valence-corrected chi connectivity index (χ4v) is 2.28. The van der Waals surface area contributed by atoms with E-state index in [2.05, 4.69) is 12.2 Å². The molecule has 0 radical (unpaired) electrons. The molecule has 2 fully saturated rings. The molecular formula is C11H21NO2. The van der Waals surface area contributed by atoms with Gasteiger partial charge >= 0.3 is 0 Å². The molecule has 1 saturated carbocycles. The molecule has 1 aliphatic carbocycles. The Hall–Kier alpha value is -0.120. The molecule has 0 aromatic heterocycles. The molecule has 82 valence electrons. The lowest BCUT2D eigenvalue weighted by Gasteiger charge is -2.38. The predicted octanol–water partition coefficient (Wildman–Crippen LogP) is 1.32. The molecule has 3 heteroatoms. The maximum Gasteiger partial charge on any atom is 0.0619 e. The van der Waals surface area contributed by atoms with Gasteiger partial charge in [0.2, 0.25) is 0 Å². The average molecular weight is 199 g/mol. The Morgan fingerprint density at radius 2 is 2.21 bits per heavy atom. The molecule has 1 heterocycles. The van der Waals surface area contributed by atoms with Gasteiger partial charge in [0.15, 0.2) is 0 Å². The summed E-state index contributed by atoms with van der Waals surface area (Å²) in [6.45, 7) is 4.76. The summed E-state index contributed by atoms with van der Waals surface area (Å²) >= 11 is 0. The Morgan fingerprint density at radius 3 is 2.86 bits per heavy atom. The van der Waals surface area contributed by atoms with Crippen LogP contribution in [-0.2, 0) is 9.47 Å². The van der Waals surface area contributed by atoms with E-state index in [1.807, 2.05) is 0 Å². The molecule has 0 bridgehead atoms. The van der Waals surface area contributed by atoms with Gasteiger partial charge in [-0.2, -0.15) is 0 Å². The zero-order chi connectivity index (χ0) is 9.80. The summed E-state index contributed by atoms with van der Waals surface area (Å²) in [5.74, 6) is 0. The third kappa shape index (κ3) is 2.69. The highest BCUT2D eigenvalue weighted by Gasteiger charge is 2.31. The van der Waals surface area contributed by atoms with Gasteiger partial charge in [-0.05, 0) is 32.6 Å². The van der Waals surface area contributed by atoms with Gasteiger partial charge in [-0.15, -0.1) is 0 Å². The summed E-state index contributed by atoms with van der Waals surface area (Å²) in [6.07, 6.45) is 5.37. The molecule has 1 atom stereocenters. The van der Waals surface area contributed by atoms with Crippen molar-refractivity contribution in [2.45, 2.75) is 50.8 Å². The predicted molar refractivity (Wildman–Crippen MR) is 55.4 cm³/mol. The number of rotatable bonds is 4. The van der Waals surface area contributed by atoms with E-state index in [9.17, 15) is 0 Å². The van der Waals surface area contributed by atoms with E-state index in [-0.39, 0.29) is 0 Å². The van der Waals surface area contributed by atoms with Crippen LogP contribution in [0, 0.1) is 0 Å². The van der Waals surface area contributed by atoms with Crippen molar-refractivity contribution in [2.24, 2.45) is 0 Å². The van der Waals surface area contributed by atoms with Crippen molar-refractivity contribution in [3.05, 3.63) is 0 Å². The van der Waals surface area contributed by atoms with Crippen LogP contribution in [0.5, 0.6) is 0 Å². The van der Waals surface area contributed by atoms with Crippen LogP contribution in [0.4, 0.5) is 0 Å². The van der Waals surface area contributed by atoms with Crippen LogP contribution in [0.3, 0.4) is 0 Å². The summed E-state index contributed by atoms with van der Waals surface area (Å²) in [6, 6.07) is 1.27. The third-order valence-corrected chi connectivity index (χ3v) is 3.13. The van der Waals surface area contributed by atoms with E-state index in [1.54, 1.807) is 0 Å². The van der Waals surface area contributed by atoms with Crippen molar-refractivity contribution < 1.29 is 9.47 Å². The largest absolute Gasteiger partial charge is 0.380 e. The van der Waals surface area contributed by atoms with Gasteiger partial charge < -0.3 is 14.8 Å². The Labute approximate surface area is 86.2 Å². The minimum atomic E-state index is 0.516. The lowest BCUT2D eigenvalue weighted by molar-refractivity contribution is -0.0200. The fourth-order valence-electron chi connectivity index (χ4n) is 2.28. The van der Waals surface area contributed by atoms with Crippen molar-refractivity contribution in [2.75, 3.05) is 19.8 Å². The van der Waals surface area contributed by atoms with Crippen LogP contribution in [-0.4, -0.2) is 38.0 Å². The third-order valence-electron chi connectivity index (χ3n) is 3.13. The first-order valence-corrected chi connectivity index (χ1v) is 5.84. The molecule has 1 saturated heterocycles. The van der Waals surface area contributed by atoms with E-state index in [4.69, 9.17) is 9.47 Å². The van der Waals surface area contributed by atoms with Crippen LogP contribution in [0.15, 0.2) is 0 Å². The molecule has 2 aliphatic rings. The molecule has 1 N–H and O–H groups in total. The minimum absolute atomic E-state index is 0.516. The van der Waals surface area contributed by atoms with Gasteiger partial charge in [0.05, 0.1) is 12.7 Å². The monoisotopic (exact) mass is 199 g/mol. The van der Waals surface area contributed by atoms with Crippen LogP contribution >= 0.6 is 0 Å². The number of hydrogen-bond donors (Lipinski definition) is 1. The van der Waals surface area contributed by atoms with Gasteiger partial charge in [0.1, 0.15) is 0 Å². The molecule has 0 aromatic carbocycles. The van der Waals surface area contributed by atoms with E-state index in [1.165, 1.54) is 25.7 Å². The maximum atomic E-state index is 5.53. The van der Waals surface area contributed by atoms with Crippen LogP contribution in [0.1, 0.15) is 32.6 Å². The smallest absolute Gasteiger partial charge is 0.0619 e. The highest BCUT2D eigenvalue weighted by molar-refractivity contribution is 4.88. The fraction of sp³-hybridized carbons (Fsp3) is 1.00. The summed E-state index contributed by atoms with van der Waals surface area (Å²) < 4.78 is 11.0. The quantitative estimate of drug-likeness (QED) is 0.741. The molecule has 0 aromatic rings. The first-order chi connectivity index (χ1) is 6.88. The molecule has 14 heavy (non-hydrogen) atoms. The van der Waals surface area contributed by atoms with Crippen LogP contribution < -0.4 is 5.32 Å². The highest BCUT2D eigenvalue weighted by atomic mass is 16.5. The Morgan fingerprint density at radius 1 is 1.36 bits per heavy atom. The Balaban J connectivity index is 1.58. The van der Waals surface area contributed by atoms with Crippen molar-refractivity contribution in [3.63, 3.8) is 0 Å². The van der Waals surface area contributed by atoms with Gasteiger partial charge in [0.25, 0.3) is 0 Å². The second-order valence-corrected chi connectivity index (χ2v) is 4.33. The second-order valence-electron chi connectivity index (χ2n) is 4.33. The maximum absolute atomic E-state index is 5.53. The Kier molecular flexibility index (Phi) is 3.79. The van der Waals surface area contributed by atoms with Gasteiger partial charge in [-0.3, -0.25) is 0 Å². The summed E-state index contributed by atoms with van der Waals surface area (Å²) in [5.41, 5.74) is 0. The van der Waals surface area contributed by atoms with Crippen molar-refractivity contribution in [3.8, 4) is 0 Å². The average Bonchev–Trinajstić information content (AvgIpc) is 2.16. The molecule has 2 rings (SSSR count). The summed E-state index contributed by atoms with van der Waals surface area (Å²) in [7, 11) is 0. The molecule has 0 amide bonds. The second kappa shape index (κ2) is 5.10.